The normalized spacial score (nSPS) is 19.2. The van der Waals surface area contributed by atoms with Crippen molar-refractivity contribution in [2.24, 2.45) is 0 Å². The number of carbonyl (C=O) groups excluding carboxylic acids is 1. The maximum atomic E-state index is 11.8. The molecule has 0 radical (unpaired) electrons. The number of aromatic nitrogens is 1. The number of thiazole rings is 1. The van der Waals surface area contributed by atoms with Crippen molar-refractivity contribution in [3.63, 3.8) is 0 Å². The Hall–Kier alpha value is -0.940. The summed E-state index contributed by atoms with van der Waals surface area (Å²) in [7, 11) is 0. The maximum absolute atomic E-state index is 11.8. The second kappa shape index (κ2) is 3.03. The van der Waals surface area contributed by atoms with Crippen LogP contribution >= 0.6 is 11.3 Å². The van der Waals surface area contributed by atoms with E-state index in [1.165, 1.54) is 11.3 Å². The van der Waals surface area contributed by atoms with Crippen molar-refractivity contribution in [2.45, 2.75) is 19.4 Å². The van der Waals surface area contributed by atoms with Gasteiger partial charge in [0.2, 0.25) is 0 Å². The fourth-order valence-electron chi connectivity index (χ4n) is 1.57. The van der Waals surface area contributed by atoms with Gasteiger partial charge in [0.25, 0.3) is 5.91 Å². The first kappa shape index (κ1) is 9.61. The third kappa shape index (κ3) is 1.53. The summed E-state index contributed by atoms with van der Waals surface area (Å²) >= 11 is 1.35. The Bertz CT molecular complexity index is 365. The molecule has 5 heteroatoms. The van der Waals surface area contributed by atoms with Gasteiger partial charge in [0.1, 0.15) is 4.88 Å². The topological polar surface area (TPSA) is 53.4 Å². The van der Waals surface area contributed by atoms with Crippen molar-refractivity contribution in [1.29, 1.82) is 0 Å². The van der Waals surface area contributed by atoms with Gasteiger partial charge in [0, 0.05) is 0 Å². The molecule has 14 heavy (non-hydrogen) atoms. The van der Waals surface area contributed by atoms with Crippen molar-refractivity contribution < 1.29 is 9.90 Å². The Morgan fingerprint density at radius 3 is 2.79 bits per heavy atom. The second-order valence-electron chi connectivity index (χ2n) is 3.93. The summed E-state index contributed by atoms with van der Waals surface area (Å²) in [5.41, 5.74) is 1.74. The lowest BCUT2D eigenvalue weighted by molar-refractivity contribution is -0.0667. The number of hydrogen-bond acceptors (Lipinski definition) is 4. The predicted molar refractivity (Wildman–Crippen MR) is 53.4 cm³/mol. The minimum absolute atomic E-state index is 0.0171. The van der Waals surface area contributed by atoms with Crippen LogP contribution in [-0.2, 0) is 0 Å². The van der Waals surface area contributed by atoms with E-state index in [0.717, 1.165) is 5.69 Å². The first-order valence-electron chi connectivity index (χ1n) is 4.41. The molecule has 0 unspecified atom stereocenters. The molecule has 2 rings (SSSR count). The molecule has 0 atom stereocenters. The highest BCUT2D eigenvalue weighted by Gasteiger charge is 2.40. The summed E-state index contributed by atoms with van der Waals surface area (Å²) in [6.45, 7) is 4.39. The van der Waals surface area contributed by atoms with Crippen molar-refractivity contribution in [1.82, 2.24) is 9.88 Å². The third-order valence-corrected chi connectivity index (χ3v) is 3.21. The van der Waals surface area contributed by atoms with Gasteiger partial charge in [-0.3, -0.25) is 4.79 Å². The van der Waals surface area contributed by atoms with Crippen LogP contribution in [0.4, 0.5) is 0 Å². The van der Waals surface area contributed by atoms with Gasteiger partial charge in [0.15, 0.2) is 0 Å². The Kier molecular flexibility index (Phi) is 2.08. The lowest BCUT2D eigenvalue weighted by Gasteiger charge is -2.43. The van der Waals surface area contributed by atoms with Crippen LogP contribution in [0.25, 0.3) is 0 Å². The molecule has 1 fully saturated rings. The zero-order valence-electron chi connectivity index (χ0n) is 8.15. The van der Waals surface area contributed by atoms with Gasteiger partial charge in [-0.05, 0) is 13.8 Å². The Morgan fingerprint density at radius 1 is 1.71 bits per heavy atom. The molecule has 1 aliphatic heterocycles. The smallest absolute Gasteiger partial charge is 0.266 e. The SMILES string of the molecule is Cc1ncsc1C(=O)N1CC(C)(O)C1. The number of aryl methyl sites for hydroxylation is 1. The molecule has 1 aliphatic rings. The molecule has 0 aromatic carbocycles. The highest BCUT2D eigenvalue weighted by atomic mass is 32.1. The van der Waals surface area contributed by atoms with Gasteiger partial charge in [-0.15, -0.1) is 11.3 Å². The molecule has 2 heterocycles. The average Bonchev–Trinajstić information content (AvgIpc) is 2.45. The molecule has 1 amide bonds. The molecule has 0 spiro atoms. The van der Waals surface area contributed by atoms with Gasteiger partial charge < -0.3 is 10.0 Å². The van der Waals surface area contributed by atoms with Crippen molar-refractivity contribution >= 4 is 17.2 Å². The van der Waals surface area contributed by atoms with Crippen LogP contribution in [0.2, 0.25) is 0 Å². The van der Waals surface area contributed by atoms with Gasteiger partial charge in [-0.2, -0.15) is 0 Å². The molecule has 1 aromatic heterocycles. The monoisotopic (exact) mass is 212 g/mol. The molecular weight excluding hydrogens is 200 g/mol. The summed E-state index contributed by atoms with van der Waals surface area (Å²) < 4.78 is 0. The lowest BCUT2D eigenvalue weighted by atomic mass is 9.97. The van der Waals surface area contributed by atoms with Crippen LogP contribution in [0.1, 0.15) is 22.3 Å². The second-order valence-corrected chi connectivity index (χ2v) is 4.78. The van der Waals surface area contributed by atoms with Gasteiger partial charge in [0.05, 0.1) is 29.9 Å². The van der Waals surface area contributed by atoms with E-state index in [-0.39, 0.29) is 5.91 Å². The van der Waals surface area contributed by atoms with Crippen molar-refractivity contribution in [3.8, 4) is 0 Å². The number of amides is 1. The van der Waals surface area contributed by atoms with Crippen LogP contribution in [0.15, 0.2) is 5.51 Å². The molecular formula is C9H12N2O2S. The van der Waals surface area contributed by atoms with E-state index in [1.54, 1.807) is 17.3 Å². The van der Waals surface area contributed by atoms with E-state index in [1.807, 2.05) is 6.92 Å². The summed E-state index contributed by atoms with van der Waals surface area (Å²) in [6.07, 6.45) is 0. The number of nitrogens with zero attached hydrogens (tertiary/aromatic N) is 2. The standard InChI is InChI=1S/C9H12N2O2S/c1-6-7(14-5-10-6)8(12)11-3-9(2,13)4-11/h5,13H,3-4H2,1-2H3. The van der Waals surface area contributed by atoms with Crippen molar-refractivity contribution in [2.75, 3.05) is 13.1 Å². The van der Waals surface area contributed by atoms with Gasteiger partial charge in [-0.1, -0.05) is 0 Å². The van der Waals surface area contributed by atoms with Crippen molar-refractivity contribution in [3.05, 3.63) is 16.1 Å². The van der Waals surface area contributed by atoms with Crippen LogP contribution in [0, 0.1) is 6.92 Å². The predicted octanol–water partition coefficient (Wildman–Crippen LogP) is 0.658. The minimum atomic E-state index is -0.700. The molecule has 0 saturated carbocycles. The van der Waals surface area contributed by atoms with Crippen LogP contribution in [-0.4, -0.2) is 39.6 Å². The number of hydrogen-bond donors (Lipinski definition) is 1. The number of β-amino-alcohol motifs (C(OH)–C–C–N with tert-alkyl or cyclic N) is 1. The zero-order chi connectivity index (χ0) is 10.3. The average molecular weight is 212 g/mol. The summed E-state index contributed by atoms with van der Waals surface area (Å²) in [4.78, 5) is 18.1. The Labute approximate surface area is 86.2 Å². The number of likely N-dealkylation sites (tertiary alicyclic amines) is 1. The molecule has 0 aliphatic carbocycles. The number of aliphatic hydroxyl groups is 1. The minimum Gasteiger partial charge on any atom is -0.386 e. The van der Waals surface area contributed by atoms with E-state index in [4.69, 9.17) is 0 Å². The Morgan fingerprint density at radius 2 is 2.36 bits per heavy atom. The highest BCUT2D eigenvalue weighted by Crippen LogP contribution is 2.24. The van der Waals surface area contributed by atoms with Crippen LogP contribution in [0.5, 0.6) is 0 Å². The summed E-state index contributed by atoms with van der Waals surface area (Å²) in [6, 6.07) is 0. The number of rotatable bonds is 1. The fourth-order valence-corrected chi connectivity index (χ4v) is 2.34. The van der Waals surface area contributed by atoms with Gasteiger partial charge >= 0.3 is 0 Å². The summed E-state index contributed by atoms with van der Waals surface area (Å²) in [5.74, 6) is -0.0171. The van der Waals surface area contributed by atoms with E-state index >= 15 is 0 Å². The molecule has 1 aromatic rings. The van der Waals surface area contributed by atoms with E-state index in [0.29, 0.717) is 18.0 Å². The fraction of sp³-hybridized carbons (Fsp3) is 0.556. The highest BCUT2D eigenvalue weighted by molar-refractivity contribution is 7.11. The van der Waals surface area contributed by atoms with E-state index in [2.05, 4.69) is 4.98 Å². The Balaban J connectivity index is 2.08. The molecule has 4 nitrogen and oxygen atoms in total. The molecule has 1 N–H and O–H groups in total. The largest absolute Gasteiger partial charge is 0.386 e. The van der Waals surface area contributed by atoms with Gasteiger partial charge in [-0.25, -0.2) is 4.98 Å². The first-order valence-corrected chi connectivity index (χ1v) is 5.29. The molecule has 1 saturated heterocycles. The maximum Gasteiger partial charge on any atom is 0.266 e. The third-order valence-electron chi connectivity index (χ3n) is 2.29. The van der Waals surface area contributed by atoms with E-state index in [9.17, 15) is 9.90 Å². The quantitative estimate of drug-likeness (QED) is 0.744. The lowest BCUT2D eigenvalue weighted by Crippen LogP contribution is -2.61. The van der Waals surface area contributed by atoms with E-state index < -0.39 is 5.60 Å². The van der Waals surface area contributed by atoms with Crippen LogP contribution < -0.4 is 0 Å². The summed E-state index contributed by atoms with van der Waals surface area (Å²) in [5, 5.41) is 9.49. The van der Waals surface area contributed by atoms with Crippen LogP contribution in [0.3, 0.4) is 0 Å². The zero-order valence-corrected chi connectivity index (χ0v) is 8.97. The first-order chi connectivity index (χ1) is 6.49. The number of carbonyl (C=O) groups is 1. The molecule has 0 bridgehead atoms. The molecule has 76 valence electrons.